The summed E-state index contributed by atoms with van der Waals surface area (Å²) in [5, 5.41) is 12.2. The molecule has 1 saturated heterocycles. The van der Waals surface area contributed by atoms with Gasteiger partial charge in [-0.3, -0.25) is 9.59 Å². The predicted molar refractivity (Wildman–Crippen MR) is 105 cm³/mol. The highest BCUT2D eigenvalue weighted by Gasteiger charge is 2.36. The molecular formula is C21H23NO4S. The number of aliphatic carboxylic acids is 1. The summed E-state index contributed by atoms with van der Waals surface area (Å²) in [6.45, 7) is 0.922. The van der Waals surface area contributed by atoms with E-state index in [-0.39, 0.29) is 12.3 Å². The van der Waals surface area contributed by atoms with Crippen LogP contribution < -0.4 is 5.32 Å². The van der Waals surface area contributed by atoms with E-state index in [1.54, 1.807) is 23.9 Å². The summed E-state index contributed by atoms with van der Waals surface area (Å²) in [5.41, 5.74) is 1.05. The van der Waals surface area contributed by atoms with Crippen molar-refractivity contribution in [2.75, 3.05) is 13.2 Å². The highest BCUT2D eigenvalue weighted by Crippen LogP contribution is 2.26. The van der Waals surface area contributed by atoms with E-state index in [4.69, 9.17) is 4.74 Å². The third-order valence-electron chi connectivity index (χ3n) is 4.68. The lowest BCUT2D eigenvalue weighted by Gasteiger charge is -2.36. The quantitative estimate of drug-likeness (QED) is 0.710. The van der Waals surface area contributed by atoms with Crippen LogP contribution in [-0.2, 0) is 15.3 Å². The SMILES string of the molecule is O=C(O)CC1(NC(=O)c2ccc(SCc3ccccc3)cc2)CCOCC1. The summed E-state index contributed by atoms with van der Waals surface area (Å²) in [6.07, 6.45) is 0.930. The van der Waals surface area contributed by atoms with E-state index in [2.05, 4.69) is 17.4 Å². The van der Waals surface area contributed by atoms with Crippen molar-refractivity contribution in [3.8, 4) is 0 Å². The van der Waals surface area contributed by atoms with E-state index in [0.29, 0.717) is 31.6 Å². The van der Waals surface area contributed by atoms with Crippen LogP contribution in [0.3, 0.4) is 0 Å². The van der Waals surface area contributed by atoms with Gasteiger partial charge in [-0.05, 0) is 42.7 Å². The molecule has 1 heterocycles. The molecule has 0 saturated carbocycles. The van der Waals surface area contributed by atoms with Crippen LogP contribution in [0.5, 0.6) is 0 Å². The van der Waals surface area contributed by atoms with Gasteiger partial charge in [-0.1, -0.05) is 30.3 Å². The van der Waals surface area contributed by atoms with E-state index in [9.17, 15) is 14.7 Å². The molecule has 0 atom stereocenters. The van der Waals surface area contributed by atoms with Crippen LogP contribution in [0, 0.1) is 0 Å². The number of hydrogen-bond donors (Lipinski definition) is 2. The van der Waals surface area contributed by atoms with Gasteiger partial charge in [-0.15, -0.1) is 11.8 Å². The molecule has 2 aromatic carbocycles. The van der Waals surface area contributed by atoms with Gasteiger partial charge >= 0.3 is 5.97 Å². The molecular weight excluding hydrogens is 362 g/mol. The van der Waals surface area contributed by atoms with E-state index >= 15 is 0 Å². The molecule has 1 aliphatic heterocycles. The number of thioether (sulfide) groups is 1. The van der Waals surface area contributed by atoms with Gasteiger partial charge in [0.1, 0.15) is 0 Å². The first-order valence-corrected chi connectivity index (χ1v) is 9.94. The molecule has 1 amide bonds. The van der Waals surface area contributed by atoms with Gasteiger partial charge < -0.3 is 15.2 Å². The maximum atomic E-state index is 12.6. The molecule has 0 aromatic heterocycles. The largest absolute Gasteiger partial charge is 0.481 e. The van der Waals surface area contributed by atoms with Crippen molar-refractivity contribution in [2.45, 2.75) is 35.4 Å². The number of hydrogen-bond acceptors (Lipinski definition) is 4. The predicted octanol–water partition coefficient (Wildman–Crippen LogP) is 3.73. The van der Waals surface area contributed by atoms with Crippen molar-refractivity contribution >= 4 is 23.6 Å². The Labute approximate surface area is 163 Å². The molecule has 0 bridgehead atoms. The van der Waals surface area contributed by atoms with E-state index < -0.39 is 11.5 Å². The number of carboxylic acid groups (broad SMARTS) is 1. The summed E-state index contributed by atoms with van der Waals surface area (Å²) >= 11 is 1.71. The molecule has 0 spiro atoms. The van der Waals surface area contributed by atoms with Crippen LogP contribution in [0.1, 0.15) is 35.2 Å². The van der Waals surface area contributed by atoms with Crippen LogP contribution in [-0.4, -0.2) is 35.7 Å². The second kappa shape index (κ2) is 9.06. The van der Waals surface area contributed by atoms with Crippen molar-refractivity contribution in [3.05, 3.63) is 65.7 Å². The van der Waals surface area contributed by atoms with E-state index in [1.165, 1.54) is 5.56 Å². The van der Waals surface area contributed by atoms with Crippen molar-refractivity contribution in [1.29, 1.82) is 0 Å². The molecule has 0 radical (unpaired) electrons. The van der Waals surface area contributed by atoms with Crippen molar-refractivity contribution in [3.63, 3.8) is 0 Å². The van der Waals surface area contributed by atoms with Gasteiger partial charge in [0.05, 0.1) is 12.0 Å². The number of benzene rings is 2. The Kier molecular flexibility index (Phi) is 6.53. The average Bonchev–Trinajstić information content (AvgIpc) is 2.67. The van der Waals surface area contributed by atoms with Crippen LogP contribution in [0.25, 0.3) is 0 Å². The zero-order chi connectivity index (χ0) is 19.1. The highest BCUT2D eigenvalue weighted by atomic mass is 32.2. The Morgan fingerprint density at radius 1 is 1.04 bits per heavy atom. The Balaban J connectivity index is 1.61. The number of ether oxygens (including phenoxy) is 1. The van der Waals surface area contributed by atoms with Gasteiger partial charge in [-0.2, -0.15) is 0 Å². The number of carbonyl (C=O) groups is 2. The Morgan fingerprint density at radius 3 is 2.33 bits per heavy atom. The Morgan fingerprint density at radius 2 is 1.70 bits per heavy atom. The first-order chi connectivity index (χ1) is 13.1. The fraction of sp³-hybridized carbons (Fsp3) is 0.333. The molecule has 1 aliphatic rings. The van der Waals surface area contributed by atoms with Crippen molar-refractivity contribution in [2.24, 2.45) is 0 Å². The molecule has 2 N–H and O–H groups in total. The molecule has 1 fully saturated rings. The van der Waals surface area contributed by atoms with Crippen molar-refractivity contribution < 1.29 is 19.4 Å². The van der Waals surface area contributed by atoms with Crippen LogP contribution >= 0.6 is 11.8 Å². The molecule has 27 heavy (non-hydrogen) atoms. The number of carboxylic acids is 1. The monoisotopic (exact) mass is 385 g/mol. The van der Waals surface area contributed by atoms with Crippen LogP contribution in [0.4, 0.5) is 0 Å². The van der Waals surface area contributed by atoms with E-state index in [1.807, 2.05) is 30.3 Å². The third-order valence-corrected chi connectivity index (χ3v) is 5.77. The maximum absolute atomic E-state index is 12.6. The van der Waals surface area contributed by atoms with Crippen LogP contribution in [0.15, 0.2) is 59.5 Å². The second-order valence-electron chi connectivity index (χ2n) is 6.72. The molecule has 0 unspecified atom stereocenters. The average molecular weight is 385 g/mol. The lowest BCUT2D eigenvalue weighted by Crippen LogP contribution is -2.53. The maximum Gasteiger partial charge on any atom is 0.305 e. The minimum absolute atomic E-state index is 0.0902. The zero-order valence-corrected chi connectivity index (χ0v) is 15.8. The smallest absolute Gasteiger partial charge is 0.305 e. The number of nitrogens with one attached hydrogen (secondary N) is 1. The van der Waals surface area contributed by atoms with E-state index in [0.717, 1.165) is 10.6 Å². The van der Waals surface area contributed by atoms with Gasteiger partial charge in [0.2, 0.25) is 0 Å². The molecule has 2 aromatic rings. The fourth-order valence-electron chi connectivity index (χ4n) is 3.15. The minimum Gasteiger partial charge on any atom is -0.481 e. The third kappa shape index (κ3) is 5.58. The number of carbonyl (C=O) groups excluding carboxylic acids is 1. The highest BCUT2D eigenvalue weighted by molar-refractivity contribution is 7.98. The Bertz CT molecular complexity index is 771. The van der Waals surface area contributed by atoms with Gasteiger partial charge in [-0.25, -0.2) is 0 Å². The van der Waals surface area contributed by atoms with Gasteiger partial charge in [0.25, 0.3) is 5.91 Å². The van der Waals surface area contributed by atoms with Crippen LogP contribution in [0.2, 0.25) is 0 Å². The fourth-order valence-corrected chi connectivity index (χ4v) is 4.01. The summed E-state index contributed by atoms with van der Waals surface area (Å²) < 4.78 is 5.33. The molecule has 6 heteroatoms. The second-order valence-corrected chi connectivity index (χ2v) is 7.76. The van der Waals surface area contributed by atoms with Gasteiger partial charge in [0.15, 0.2) is 0 Å². The normalized spacial score (nSPS) is 15.9. The summed E-state index contributed by atoms with van der Waals surface area (Å²) in [7, 11) is 0. The lowest BCUT2D eigenvalue weighted by molar-refractivity contribution is -0.139. The number of rotatable bonds is 7. The first kappa shape index (κ1) is 19.5. The van der Waals surface area contributed by atoms with Crippen molar-refractivity contribution in [1.82, 2.24) is 5.32 Å². The Hall–Kier alpha value is -2.31. The number of amides is 1. The zero-order valence-electron chi connectivity index (χ0n) is 15.0. The molecule has 3 rings (SSSR count). The first-order valence-electron chi connectivity index (χ1n) is 8.95. The minimum atomic E-state index is -0.912. The molecule has 0 aliphatic carbocycles. The topological polar surface area (TPSA) is 75.6 Å². The summed E-state index contributed by atoms with van der Waals surface area (Å²) in [6, 6.07) is 17.6. The summed E-state index contributed by atoms with van der Waals surface area (Å²) in [4.78, 5) is 25.0. The van der Waals surface area contributed by atoms with Gasteiger partial charge in [0, 0.05) is 29.4 Å². The lowest BCUT2D eigenvalue weighted by atomic mass is 9.86. The standard InChI is InChI=1S/C21H23NO4S/c23-19(24)14-21(10-12-26-13-11-21)22-20(25)17-6-8-18(9-7-17)27-15-16-4-2-1-3-5-16/h1-9H,10-15H2,(H,22,25)(H,23,24). The summed E-state index contributed by atoms with van der Waals surface area (Å²) in [5.74, 6) is -0.281. The molecule has 142 valence electrons. The molecule has 5 nitrogen and oxygen atoms in total.